The number of esters is 4. The van der Waals surface area contributed by atoms with Crippen LogP contribution in [0, 0.1) is 11.8 Å². The van der Waals surface area contributed by atoms with Crippen molar-refractivity contribution in [2.45, 2.75) is 156 Å². The molecule has 0 radical (unpaired) electrons. The van der Waals surface area contributed by atoms with Crippen LogP contribution in [-0.2, 0) is 76.3 Å². The first-order chi connectivity index (χ1) is 29.9. The number of carbonyl (C=O) groups is 8. The Hall–Kier alpha value is -4.44. The molecule has 21 nitrogen and oxygen atoms in total. The molecule has 0 aliphatic carbocycles. The average Bonchev–Trinajstić information content (AvgIpc) is 3.19. The molecule has 2 aliphatic heterocycles. The Morgan fingerprint density at radius 1 is 0.492 bits per heavy atom. The SMILES string of the molecule is CC(=O)N[C@H]1[C@H](OCCCCCCNC(=O)CNCC(=O)NCCCCCCO[C@@H]2O[C@H](COC(C)=O)[C@H](C)[C@H](OC(C)=O)[C@H]2NC(C)=O)O[C@H](COC(C)=O)[C@H](C)[C@@H]1OC(C)=O. The first kappa shape index (κ1) is 54.7. The van der Waals surface area contributed by atoms with Crippen molar-refractivity contribution in [1.29, 1.82) is 0 Å². The van der Waals surface area contributed by atoms with E-state index in [4.69, 9.17) is 37.9 Å². The fraction of sp³-hybridized carbons (Fsp3) is 0.810. The van der Waals surface area contributed by atoms with Crippen LogP contribution in [0.5, 0.6) is 0 Å². The second-order valence-corrected chi connectivity index (χ2v) is 15.9. The molecule has 2 rings (SSSR count). The molecule has 10 atom stereocenters. The second-order valence-electron chi connectivity index (χ2n) is 15.9. The van der Waals surface area contributed by atoms with Crippen LogP contribution in [0.15, 0.2) is 0 Å². The molecule has 0 unspecified atom stereocenters. The molecule has 2 saturated heterocycles. The van der Waals surface area contributed by atoms with Gasteiger partial charge in [0.05, 0.1) is 13.1 Å². The monoisotopic (exact) mass is 901 g/mol. The molecule has 0 aromatic heterocycles. The summed E-state index contributed by atoms with van der Waals surface area (Å²) in [5, 5.41) is 14.0. The van der Waals surface area contributed by atoms with E-state index in [1.54, 1.807) is 13.8 Å². The van der Waals surface area contributed by atoms with Gasteiger partial charge < -0.3 is 59.2 Å². The van der Waals surface area contributed by atoms with Crippen LogP contribution in [-0.4, -0.2) is 149 Å². The molecule has 63 heavy (non-hydrogen) atoms. The first-order valence-electron chi connectivity index (χ1n) is 21.8. The van der Waals surface area contributed by atoms with E-state index in [1.165, 1.54) is 41.5 Å². The lowest BCUT2D eigenvalue weighted by Crippen LogP contribution is -2.63. The zero-order valence-electron chi connectivity index (χ0n) is 38.1. The first-order valence-corrected chi connectivity index (χ1v) is 21.8. The van der Waals surface area contributed by atoms with Crippen molar-refractivity contribution in [3.63, 3.8) is 0 Å². The van der Waals surface area contributed by atoms with Crippen molar-refractivity contribution < 1.29 is 76.3 Å². The van der Waals surface area contributed by atoms with Gasteiger partial charge in [0.2, 0.25) is 23.6 Å². The third kappa shape index (κ3) is 22.2. The summed E-state index contributed by atoms with van der Waals surface area (Å²) < 4.78 is 45.5. The summed E-state index contributed by atoms with van der Waals surface area (Å²) in [6, 6.07) is -1.53. The minimum Gasteiger partial charge on any atom is -0.463 e. The minimum absolute atomic E-state index is 0.0119. The average molecular weight is 902 g/mol. The highest BCUT2D eigenvalue weighted by molar-refractivity contribution is 5.81. The molecule has 0 bridgehead atoms. The summed E-state index contributed by atoms with van der Waals surface area (Å²) in [5.41, 5.74) is 0. The zero-order valence-corrected chi connectivity index (χ0v) is 38.1. The Balaban J connectivity index is 1.59. The van der Waals surface area contributed by atoms with Crippen LogP contribution in [0.25, 0.3) is 0 Å². The number of hydrogen-bond acceptors (Lipinski definition) is 17. The Bertz CT molecular complexity index is 1380. The number of hydrogen-bond donors (Lipinski definition) is 5. The van der Waals surface area contributed by atoms with Gasteiger partial charge in [-0.3, -0.25) is 43.7 Å². The number of nitrogens with one attached hydrogen (secondary N) is 5. The smallest absolute Gasteiger partial charge is 0.302 e. The van der Waals surface area contributed by atoms with Gasteiger partial charge in [-0.05, 0) is 25.7 Å². The lowest BCUT2D eigenvalue weighted by molar-refractivity contribution is -0.260. The molecule has 2 aliphatic rings. The molecular formula is C42H71N5O16. The molecule has 0 aromatic carbocycles. The molecule has 4 amide bonds. The molecule has 21 heteroatoms. The van der Waals surface area contributed by atoms with Gasteiger partial charge >= 0.3 is 23.9 Å². The van der Waals surface area contributed by atoms with E-state index in [1.807, 2.05) is 0 Å². The van der Waals surface area contributed by atoms with E-state index in [0.29, 0.717) is 25.9 Å². The highest BCUT2D eigenvalue weighted by Crippen LogP contribution is 2.31. The van der Waals surface area contributed by atoms with E-state index in [-0.39, 0.29) is 63.1 Å². The van der Waals surface area contributed by atoms with Crippen LogP contribution >= 0.6 is 0 Å². The van der Waals surface area contributed by atoms with Gasteiger partial charge in [0, 0.05) is 79.7 Å². The van der Waals surface area contributed by atoms with Gasteiger partial charge in [-0.1, -0.05) is 39.5 Å². The summed E-state index contributed by atoms with van der Waals surface area (Å²) >= 11 is 0. The summed E-state index contributed by atoms with van der Waals surface area (Å²) in [7, 11) is 0. The van der Waals surface area contributed by atoms with Crippen molar-refractivity contribution in [3.8, 4) is 0 Å². The molecule has 360 valence electrons. The predicted molar refractivity (Wildman–Crippen MR) is 223 cm³/mol. The van der Waals surface area contributed by atoms with Crippen molar-refractivity contribution >= 4 is 47.5 Å². The van der Waals surface area contributed by atoms with Crippen molar-refractivity contribution in [2.24, 2.45) is 11.8 Å². The Labute approximate surface area is 370 Å². The topological polar surface area (TPSA) is 271 Å². The number of ether oxygens (including phenoxy) is 8. The standard InChI is InChI=1S/C42H71N5O16/c1-25-33(23-58-29(5)50)62-41(37(46-27(3)48)39(25)60-31(7)52)56-19-15-11-9-13-17-44-35(54)21-43-22-36(55)45-18-14-10-12-16-20-57-42-38(47-28(4)49)40(61-32(8)53)26(2)34(63-42)24-59-30(6)51/h25-26,33-34,37-43H,9-24H2,1-8H3,(H,44,54)(H,45,55)(H,46,48)(H,47,49)/t25-,26-,33+,34+,37+,38+,39-,40-,41+,42+/m0/s1. The number of carbonyl (C=O) groups excluding carboxylic acids is 8. The summed E-state index contributed by atoms with van der Waals surface area (Å²) in [5.74, 6) is -3.98. The molecule has 2 fully saturated rings. The van der Waals surface area contributed by atoms with Crippen LogP contribution in [0.4, 0.5) is 0 Å². The third-order valence-electron chi connectivity index (χ3n) is 10.3. The van der Waals surface area contributed by atoms with Gasteiger partial charge in [0.1, 0.15) is 49.7 Å². The lowest BCUT2D eigenvalue weighted by atomic mass is 9.89. The summed E-state index contributed by atoms with van der Waals surface area (Å²) in [4.78, 5) is 95.1. The van der Waals surface area contributed by atoms with E-state index < -0.39 is 84.8 Å². The number of rotatable bonds is 28. The normalized spacial score (nSPS) is 25.5. The van der Waals surface area contributed by atoms with Crippen molar-refractivity contribution in [3.05, 3.63) is 0 Å². The molecule has 2 heterocycles. The Morgan fingerprint density at radius 2 is 0.857 bits per heavy atom. The summed E-state index contributed by atoms with van der Waals surface area (Å²) in [6.45, 7) is 12.7. The molecule has 0 spiro atoms. The third-order valence-corrected chi connectivity index (χ3v) is 10.3. The molecule has 0 saturated carbocycles. The lowest BCUT2D eigenvalue weighted by Gasteiger charge is -2.44. The maximum Gasteiger partial charge on any atom is 0.302 e. The Morgan fingerprint density at radius 3 is 1.19 bits per heavy atom. The molecule has 0 aromatic rings. The molecular weight excluding hydrogens is 830 g/mol. The highest BCUT2D eigenvalue weighted by atomic mass is 16.7. The van der Waals surface area contributed by atoms with E-state index in [2.05, 4.69) is 26.6 Å². The minimum atomic E-state index is -0.940. The predicted octanol–water partition coefficient (Wildman–Crippen LogP) is 0.683. The largest absolute Gasteiger partial charge is 0.463 e. The second kappa shape index (κ2) is 29.8. The fourth-order valence-electron chi connectivity index (χ4n) is 7.16. The number of amides is 4. The van der Waals surface area contributed by atoms with E-state index in [0.717, 1.165) is 38.5 Å². The zero-order chi connectivity index (χ0) is 46.9. The maximum absolute atomic E-state index is 12.3. The van der Waals surface area contributed by atoms with E-state index in [9.17, 15) is 38.4 Å². The van der Waals surface area contributed by atoms with Gasteiger partial charge in [-0.25, -0.2) is 0 Å². The van der Waals surface area contributed by atoms with Gasteiger partial charge in [0.15, 0.2) is 12.6 Å². The van der Waals surface area contributed by atoms with E-state index >= 15 is 0 Å². The molecule has 5 N–H and O–H groups in total. The maximum atomic E-state index is 12.3. The van der Waals surface area contributed by atoms with Crippen LogP contribution in [0.2, 0.25) is 0 Å². The quantitative estimate of drug-likeness (QED) is 0.0411. The van der Waals surface area contributed by atoms with Crippen LogP contribution in [0.1, 0.15) is 107 Å². The summed E-state index contributed by atoms with van der Waals surface area (Å²) in [6.07, 6.45) is 1.30. The van der Waals surface area contributed by atoms with Gasteiger partial charge in [0.25, 0.3) is 0 Å². The van der Waals surface area contributed by atoms with Crippen LogP contribution in [0.3, 0.4) is 0 Å². The number of unbranched alkanes of at least 4 members (excludes halogenated alkanes) is 6. The van der Waals surface area contributed by atoms with Crippen molar-refractivity contribution in [1.82, 2.24) is 26.6 Å². The van der Waals surface area contributed by atoms with Gasteiger partial charge in [-0.2, -0.15) is 0 Å². The van der Waals surface area contributed by atoms with Crippen molar-refractivity contribution in [2.75, 3.05) is 52.6 Å². The fourth-order valence-corrected chi connectivity index (χ4v) is 7.16. The van der Waals surface area contributed by atoms with Gasteiger partial charge in [-0.15, -0.1) is 0 Å². The van der Waals surface area contributed by atoms with Crippen LogP contribution < -0.4 is 26.6 Å². The highest BCUT2D eigenvalue weighted by Gasteiger charge is 2.48. The Kier molecular flexibility index (Phi) is 25.9.